The summed E-state index contributed by atoms with van der Waals surface area (Å²) in [6.45, 7) is 5.25. The average Bonchev–Trinajstić information content (AvgIpc) is 0.918. The Morgan fingerprint density at radius 2 is 0.778 bits per heavy atom. The molecule has 0 atom stereocenters. The molecule has 0 bridgehead atoms. The topological polar surface area (TPSA) is 0 Å². The van der Waals surface area contributed by atoms with Crippen LogP contribution in [0.3, 0.4) is 0 Å². The maximum absolute atomic E-state index is 3.36. The molecule has 0 aliphatic rings. The van der Waals surface area contributed by atoms with Gasteiger partial charge in [0, 0.05) is 0 Å². The van der Waals surface area contributed by atoms with Crippen LogP contribution in [0.5, 0.6) is 0 Å². The minimum atomic E-state index is 0. The lowest BCUT2D eigenvalue weighted by Gasteiger charge is -1.31. The molecule has 0 radical (unpaired) electrons. The second-order valence-corrected chi connectivity index (χ2v) is 0.408. The summed E-state index contributed by atoms with van der Waals surface area (Å²) in [6.07, 6.45) is 1.75. The van der Waals surface area contributed by atoms with Crippen molar-refractivity contribution >= 4 is 0 Å². The predicted molar refractivity (Wildman–Crippen MR) is 30.9 cm³/mol. The molecule has 9 heavy (non-hydrogen) atoms. The van der Waals surface area contributed by atoms with Gasteiger partial charge >= 0.3 is 0 Å². The van der Waals surface area contributed by atoms with Crippen molar-refractivity contribution in [3.63, 3.8) is 0 Å². The molecule has 0 aromatic heterocycles. The van der Waals surface area contributed by atoms with Crippen LogP contribution in [0.15, 0.2) is 12.7 Å². The van der Waals surface area contributed by atoms with Crippen molar-refractivity contribution in [3.05, 3.63) is 12.7 Å². The van der Waals surface area contributed by atoms with Crippen molar-refractivity contribution in [1.29, 1.82) is 0 Å². The molecule has 0 spiro atoms. The van der Waals surface area contributed by atoms with Gasteiger partial charge in [0.05, 0.1) is 0 Å². The summed E-state index contributed by atoms with van der Waals surface area (Å²) < 4.78 is 0. The van der Waals surface area contributed by atoms with Crippen molar-refractivity contribution in [2.45, 2.75) is 6.92 Å². The molecule has 0 aromatic rings. The highest BCUT2D eigenvalue weighted by molar-refractivity contribution is 4.51. The van der Waals surface area contributed by atoms with Gasteiger partial charge in [-0.2, -0.15) is 0 Å². The zero-order valence-corrected chi connectivity index (χ0v) is 4.73. The minimum absolute atomic E-state index is 0. The molecule has 0 aromatic carbocycles. The summed E-state index contributed by atoms with van der Waals surface area (Å²) in [5.74, 6) is 0. The van der Waals surface area contributed by atoms with E-state index in [1.165, 1.54) is 0 Å². The largest absolute Gasteiger partial charge is 0.269 e. The molecule has 0 heterocycles. The van der Waals surface area contributed by atoms with Crippen LogP contribution in [0.1, 0.15) is 6.92 Å². The van der Waals surface area contributed by atoms with Crippen molar-refractivity contribution in [1.82, 2.24) is 0 Å². The van der Waals surface area contributed by atoms with E-state index in [1.807, 2.05) is 6.92 Å². The first-order valence-electron chi connectivity index (χ1n) is 0.986. The van der Waals surface area contributed by atoms with E-state index in [-0.39, 0.29) is 28.2 Å². The predicted octanol–water partition coefficient (Wildman–Crippen LogP) is 2.11. The lowest BCUT2D eigenvalue weighted by molar-refractivity contribution is 1.11. The van der Waals surface area contributed by atoms with Gasteiger partial charge in [0.25, 0.3) is 0 Å². The Morgan fingerprint density at radius 1 is 0.778 bits per heavy atom. The van der Waals surface area contributed by atoms with Gasteiger partial charge < -0.3 is 0 Å². The first-order chi connectivity index (χ1) is 1.41. The van der Waals surface area contributed by atoms with Gasteiger partial charge in [-0.1, -0.05) is 6.08 Å². The zero-order valence-electron chi connectivity index (χ0n) is 4.73. The van der Waals surface area contributed by atoms with Gasteiger partial charge in [-0.3, -0.25) is 28.2 Å². The van der Waals surface area contributed by atoms with Gasteiger partial charge in [0.1, 0.15) is 0 Å². The Balaban J connectivity index is -0.00000000133. The van der Waals surface area contributed by atoms with Crippen molar-refractivity contribution in [3.8, 4) is 0 Å². The van der Waals surface area contributed by atoms with E-state index in [0.29, 0.717) is 0 Å². The molecule has 0 rings (SSSR count). The molecule has 0 aliphatic carbocycles. The van der Waals surface area contributed by atoms with Crippen LogP contribution in [0.25, 0.3) is 0 Å². The van der Waals surface area contributed by atoms with Gasteiger partial charge in [-0.05, 0) is 6.92 Å². The smallest absolute Gasteiger partial charge is 0.0473 e. The van der Waals surface area contributed by atoms with E-state index >= 15 is 0 Å². The van der Waals surface area contributed by atoms with E-state index in [9.17, 15) is 0 Å². The summed E-state index contributed by atoms with van der Waals surface area (Å²) in [5.41, 5.74) is 0. The summed E-state index contributed by atoms with van der Waals surface area (Å²) in [6, 6.07) is 0. The molecule has 0 aliphatic heterocycles. The molecule has 0 nitrogen and oxygen atoms in total. The monoisotopic (exact) mass is 162 g/mol. The molecule has 66 valence electrons. The first kappa shape index (κ1) is 256. The number of allylic oxidation sites excluding steroid dienone is 1. The molecule has 0 N–H and O–H groups in total. The van der Waals surface area contributed by atoms with Crippen LogP contribution in [0.4, 0.5) is 28.2 Å². The van der Waals surface area contributed by atoms with Crippen LogP contribution < -0.4 is 0 Å². The number of hydrogen-bond donors (Lipinski definition) is 0. The maximum Gasteiger partial charge on any atom is -0.0473 e. The van der Waals surface area contributed by atoms with E-state index in [0.717, 1.165) is 0 Å². The molecular formula is C3H12F6. The highest BCUT2D eigenvalue weighted by Gasteiger charge is 1.15. The van der Waals surface area contributed by atoms with Crippen molar-refractivity contribution in [2.24, 2.45) is 0 Å². The summed E-state index contributed by atoms with van der Waals surface area (Å²) >= 11 is 0. The van der Waals surface area contributed by atoms with Gasteiger partial charge in [0.15, 0.2) is 0 Å². The molecule has 0 saturated carbocycles. The summed E-state index contributed by atoms with van der Waals surface area (Å²) in [7, 11) is 0. The highest BCUT2D eigenvalue weighted by atomic mass is 19.0. The second-order valence-electron chi connectivity index (χ2n) is 0.408. The highest BCUT2D eigenvalue weighted by Crippen LogP contribution is 1.38. The van der Waals surface area contributed by atoms with Gasteiger partial charge in [-0.15, -0.1) is 6.58 Å². The summed E-state index contributed by atoms with van der Waals surface area (Å²) in [4.78, 5) is 0. The number of rotatable bonds is 0. The normalized spacial score (nSPS) is 1.44. The SMILES string of the molecule is C=CC.F.F.F.F.F.F. The lowest BCUT2D eigenvalue weighted by atomic mass is 10.8. The Morgan fingerprint density at radius 3 is 0.778 bits per heavy atom. The van der Waals surface area contributed by atoms with Gasteiger partial charge in [-0.25, -0.2) is 0 Å². The van der Waals surface area contributed by atoms with Crippen LogP contribution in [-0.4, -0.2) is 0 Å². The van der Waals surface area contributed by atoms with E-state index in [1.54, 1.807) is 6.08 Å². The Kier molecular flexibility index (Phi) is 81200. The third-order valence-corrected chi connectivity index (χ3v) is 0. The Hall–Kier alpha value is -0.680. The van der Waals surface area contributed by atoms with Crippen LogP contribution in [0.2, 0.25) is 0 Å². The van der Waals surface area contributed by atoms with E-state index in [4.69, 9.17) is 0 Å². The lowest BCUT2D eigenvalue weighted by Crippen LogP contribution is -1.07. The fourth-order valence-corrected chi connectivity index (χ4v) is 0. The summed E-state index contributed by atoms with van der Waals surface area (Å²) in [5, 5.41) is 0. The van der Waals surface area contributed by atoms with E-state index in [2.05, 4.69) is 6.58 Å². The van der Waals surface area contributed by atoms with E-state index < -0.39 is 0 Å². The molecular weight excluding hydrogens is 150 g/mol. The minimum Gasteiger partial charge on any atom is -0.269 e. The van der Waals surface area contributed by atoms with Gasteiger partial charge in [0.2, 0.25) is 0 Å². The fraction of sp³-hybridized carbons (Fsp3) is 0.333. The molecule has 0 saturated heterocycles. The Bertz CT molecular complexity index is 15.8. The average molecular weight is 162 g/mol. The Labute approximate surface area is 49.2 Å². The van der Waals surface area contributed by atoms with Crippen LogP contribution in [0, 0.1) is 0 Å². The van der Waals surface area contributed by atoms with Crippen LogP contribution >= 0.6 is 0 Å². The molecule has 0 fully saturated rings. The number of hydrogen-bond acceptors (Lipinski definition) is 0. The van der Waals surface area contributed by atoms with Crippen molar-refractivity contribution in [2.75, 3.05) is 0 Å². The first-order valence-corrected chi connectivity index (χ1v) is 0.986. The van der Waals surface area contributed by atoms with Crippen molar-refractivity contribution < 1.29 is 28.2 Å². The third kappa shape index (κ3) is 448. The molecule has 0 amide bonds. The third-order valence-electron chi connectivity index (χ3n) is 0. The standard InChI is InChI=1S/C3H6.6FH/c1-3-2;;;;;;/h3H,1H2,2H3;6*1H. The maximum atomic E-state index is 3.36. The van der Waals surface area contributed by atoms with Crippen LogP contribution in [-0.2, 0) is 0 Å². The fourth-order valence-electron chi connectivity index (χ4n) is 0. The molecule has 6 heteroatoms. The number of halogens is 6. The zero-order chi connectivity index (χ0) is 2.71. The molecule has 0 unspecified atom stereocenters. The quantitative estimate of drug-likeness (QED) is 0.378. The second kappa shape index (κ2) is 2860.